The zero-order valence-electron chi connectivity index (χ0n) is 17.4. The summed E-state index contributed by atoms with van der Waals surface area (Å²) in [7, 11) is -1.81. The van der Waals surface area contributed by atoms with Gasteiger partial charge in [-0.1, -0.05) is 37.1 Å². The second-order valence-corrected chi connectivity index (χ2v) is 9.72. The number of hydrogen-bond donors (Lipinski definition) is 0. The second-order valence-electron chi connectivity index (χ2n) is 7.79. The molecular formula is C23H24N4O3S. The van der Waals surface area contributed by atoms with Crippen molar-refractivity contribution in [3.05, 3.63) is 59.9 Å². The number of nitrogens with zero attached hydrogens (tertiary/aromatic N) is 4. The monoisotopic (exact) mass is 436 g/mol. The highest BCUT2D eigenvalue weighted by atomic mass is 32.2. The van der Waals surface area contributed by atoms with Crippen molar-refractivity contribution in [2.75, 3.05) is 13.1 Å². The van der Waals surface area contributed by atoms with Gasteiger partial charge in [0.2, 0.25) is 10.0 Å². The van der Waals surface area contributed by atoms with E-state index in [0.29, 0.717) is 24.4 Å². The summed E-state index contributed by atoms with van der Waals surface area (Å²) < 4.78 is 29.2. The molecule has 0 amide bonds. The fraction of sp³-hybridized carbons (Fsp3) is 0.348. The van der Waals surface area contributed by atoms with Crippen LogP contribution >= 0.6 is 0 Å². The molecule has 0 spiro atoms. The number of benzene rings is 2. The summed E-state index contributed by atoms with van der Waals surface area (Å²) in [6.07, 6.45) is 3.80. The predicted molar refractivity (Wildman–Crippen MR) is 117 cm³/mol. The number of nitriles is 1. The minimum atomic E-state index is -3.59. The Hall–Kier alpha value is -3.02. The summed E-state index contributed by atoms with van der Waals surface area (Å²) >= 11 is 0. The van der Waals surface area contributed by atoms with E-state index >= 15 is 0 Å². The van der Waals surface area contributed by atoms with Crippen molar-refractivity contribution in [2.24, 2.45) is 7.05 Å². The average molecular weight is 437 g/mol. The number of sulfonamides is 1. The van der Waals surface area contributed by atoms with Crippen LogP contribution in [-0.2, 0) is 17.1 Å². The summed E-state index contributed by atoms with van der Waals surface area (Å²) in [6.45, 7) is 1.04. The molecule has 1 atom stereocenters. The molecule has 160 valence electrons. The van der Waals surface area contributed by atoms with Crippen LogP contribution in [0.5, 0.6) is 0 Å². The molecule has 31 heavy (non-hydrogen) atoms. The fourth-order valence-electron chi connectivity index (χ4n) is 4.04. The van der Waals surface area contributed by atoms with Crippen molar-refractivity contribution in [2.45, 2.75) is 36.5 Å². The summed E-state index contributed by atoms with van der Waals surface area (Å²) in [6, 6.07) is 15.4. The molecule has 0 aliphatic carbocycles. The predicted octanol–water partition coefficient (Wildman–Crippen LogP) is 3.63. The summed E-state index contributed by atoms with van der Waals surface area (Å²) in [4.78, 5) is 17.7. The van der Waals surface area contributed by atoms with E-state index in [1.165, 1.54) is 28.6 Å². The van der Waals surface area contributed by atoms with Gasteiger partial charge in [-0.05, 0) is 37.1 Å². The van der Waals surface area contributed by atoms with Crippen molar-refractivity contribution < 1.29 is 13.2 Å². The molecule has 2 aromatic carbocycles. The highest BCUT2D eigenvalue weighted by molar-refractivity contribution is 7.89. The van der Waals surface area contributed by atoms with Crippen molar-refractivity contribution in [1.82, 2.24) is 13.9 Å². The molecule has 1 fully saturated rings. The van der Waals surface area contributed by atoms with E-state index in [1.54, 1.807) is 11.6 Å². The minimum Gasteiger partial charge on any atom is -0.330 e. The number of aromatic nitrogens is 2. The van der Waals surface area contributed by atoms with Gasteiger partial charge in [0, 0.05) is 25.7 Å². The molecule has 2 heterocycles. The number of carbonyl (C=O) groups is 1. The molecule has 0 N–H and O–H groups in total. The lowest BCUT2D eigenvalue weighted by Crippen LogP contribution is -2.31. The van der Waals surface area contributed by atoms with Gasteiger partial charge < -0.3 is 4.57 Å². The molecule has 4 rings (SSSR count). The number of hydrogen-bond acceptors (Lipinski definition) is 5. The number of rotatable bonds is 5. The molecular weight excluding hydrogens is 412 g/mol. The average Bonchev–Trinajstić information content (AvgIpc) is 2.96. The minimum absolute atomic E-state index is 0.169. The molecule has 1 saturated heterocycles. The van der Waals surface area contributed by atoms with Crippen LogP contribution in [0.4, 0.5) is 0 Å². The lowest BCUT2D eigenvalue weighted by atomic mass is 9.98. The summed E-state index contributed by atoms with van der Waals surface area (Å²) in [5.41, 5.74) is 1.84. The molecule has 7 nitrogen and oxygen atoms in total. The molecule has 0 bridgehead atoms. The number of para-hydroxylation sites is 2. The Morgan fingerprint density at radius 1 is 1.03 bits per heavy atom. The van der Waals surface area contributed by atoms with Crippen LogP contribution in [0.15, 0.2) is 53.4 Å². The first-order valence-corrected chi connectivity index (χ1v) is 11.8. The van der Waals surface area contributed by atoms with Gasteiger partial charge in [-0.3, -0.25) is 4.79 Å². The van der Waals surface area contributed by atoms with Crippen molar-refractivity contribution in [3.63, 3.8) is 0 Å². The van der Waals surface area contributed by atoms with E-state index in [9.17, 15) is 18.5 Å². The topological polar surface area (TPSA) is 96.1 Å². The third-order valence-corrected chi connectivity index (χ3v) is 7.73. The van der Waals surface area contributed by atoms with Crippen LogP contribution in [0.25, 0.3) is 11.0 Å². The smallest absolute Gasteiger partial charge is 0.243 e. The normalized spacial score (nSPS) is 16.5. The maximum atomic E-state index is 13.1. The lowest BCUT2D eigenvalue weighted by molar-refractivity contribution is 0.0975. The van der Waals surface area contributed by atoms with Gasteiger partial charge in [0.1, 0.15) is 5.82 Å². The summed E-state index contributed by atoms with van der Waals surface area (Å²) in [5, 5.41) is 9.71. The fourth-order valence-corrected chi connectivity index (χ4v) is 5.56. The first-order valence-electron chi connectivity index (χ1n) is 10.4. The Morgan fingerprint density at radius 2 is 1.68 bits per heavy atom. The van der Waals surface area contributed by atoms with Crippen LogP contribution in [-0.4, -0.2) is 41.1 Å². The van der Waals surface area contributed by atoms with E-state index in [1.807, 2.05) is 24.3 Å². The summed E-state index contributed by atoms with van der Waals surface area (Å²) in [5.74, 6) is -1.11. The first-order chi connectivity index (χ1) is 14.9. The van der Waals surface area contributed by atoms with Crippen LogP contribution in [0.1, 0.15) is 47.8 Å². The number of fused-ring (bicyclic) bond motifs is 1. The Labute approximate surface area is 182 Å². The van der Waals surface area contributed by atoms with Gasteiger partial charge in [0.05, 0.1) is 22.0 Å². The molecule has 0 unspecified atom stereocenters. The van der Waals surface area contributed by atoms with Crippen molar-refractivity contribution >= 4 is 26.8 Å². The lowest BCUT2D eigenvalue weighted by Gasteiger charge is -2.20. The largest absolute Gasteiger partial charge is 0.330 e. The van der Waals surface area contributed by atoms with Crippen LogP contribution in [0, 0.1) is 11.3 Å². The molecule has 0 radical (unpaired) electrons. The maximum absolute atomic E-state index is 13.1. The van der Waals surface area contributed by atoms with Gasteiger partial charge in [-0.15, -0.1) is 0 Å². The standard InChI is InChI=1S/C23H24N4O3S/c1-26-21-9-5-4-8-20(21)25-23(26)19(16-24)22(28)17-10-12-18(13-11-17)31(29,30)27-14-6-2-3-7-15-27/h4-5,8-13,19H,2-3,6-7,14-15H2,1H3/t19-/m1/s1. The van der Waals surface area contributed by atoms with E-state index in [2.05, 4.69) is 11.1 Å². The Morgan fingerprint density at radius 3 is 2.29 bits per heavy atom. The van der Waals surface area contributed by atoms with Crippen LogP contribution < -0.4 is 0 Å². The Kier molecular flexibility index (Phi) is 5.90. The number of ketones is 1. The van der Waals surface area contributed by atoms with Crippen molar-refractivity contribution in [3.8, 4) is 6.07 Å². The van der Waals surface area contributed by atoms with Gasteiger partial charge in [0.25, 0.3) is 0 Å². The number of aryl methyl sites for hydroxylation is 1. The maximum Gasteiger partial charge on any atom is 0.243 e. The van der Waals surface area contributed by atoms with E-state index in [4.69, 9.17) is 0 Å². The SMILES string of the molecule is Cn1c([C@H](C#N)C(=O)c2ccc(S(=O)(=O)N3CCCCCC3)cc2)nc2ccccc21. The zero-order valence-corrected chi connectivity index (χ0v) is 18.2. The van der Waals surface area contributed by atoms with E-state index < -0.39 is 21.7 Å². The van der Waals surface area contributed by atoms with Crippen LogP contribution in [0.3, 0.4) is 0 Å². The molecule has 0 saturated carbocycles. The molecule has 1 aromatic heterocycles. The first kappa shape index (κ1) is 21.2. The molecule has 8 heteroatoms. The molecule has 1 aliphatic heterocycles. The molecule has 3 aromatic rings. The zero-order chi connectivity index (χ0) is 22.0. The Bertz CT molecular complexity index is 1250. The number of carbonyl (C=O) groups excluding carboxylic acids is 1. The number of imidazole rings is 1. The van der Waals surface area contributed by atoms with Gasteiger partial charge in [-0.25, -0.2) is 13.4 Å². The van der Waals surface area contributed by atoms with Crippen LogP contribution in [0.2, 0.25) is 0 Å². The van der Waals surface area contributed by atoms with Crippen molar-refractivity contribution in [1.29, 1.82) is 5.26 Å². The molecule has 1 aliphatic rings. The highest BCUT2D eigenvalue weighted by Gasteiger charge is 2.29. The third kappa shape index (κ3) is 3.99. The van der Waals surface area contributed by atoms with Gasteiger partial charge in [0.15, 0.2) is 11.7 Å². The highest BCUT2D eigenvalue weighted by Crippen LogP contribution is 2.25. The number of Topliss-reactive ketones (excluding diaryl/α,β-unsaturated/α-hetero) is 1. The third-order valence-electron chi connectivity index (χ3n) is 5.81. The van der Waals surface area contributed by atoms with E-state index in [0.717, 1.165) is 31.2 Å². The van der Waals surface area contributed by atoms with Gasteiger partial charge in [-0.2, -0.15) is 9.57 Å². The van der Waals surface area contributed by atoms with Gasteiger partial charge >= 0.3 is 0 Å². The quantitative estimate of drug-likeness (QED) is 0.569. The van der Waals surface area contributed by atoms with E-state index in [-0.39, 0.29) is 10.5 Å². The second kappa shape index (κ2) is 8.61. The Balaban J connectivity index is 1.61.